The predicted octanol–water partition coefficient (Wildman–Crippen LogP) is 2.45. The standard InChI is InChI=1S/C13H25NO2/c1-4-7-12(13(15)16-6-3)14(5-2)10-11-8-9-11/h11-12H,4-10H2,1-3H3. The molecule has 0 aliphatic heterocycles. The van der Waals surface area contributed by atoms with Crippen molar-refractivity contribution in [2.75, 3.05) is 19.7 Å². The summed E-state index contributed by atoms with van der Waals surface area (Å²) in [5.41, 5.74) is 0. The zero-order valence-corrected chi connectivity index (χ0v) is 10.9. The number of esters is 1. The van der Waals surface area contributed by atoms with E-state index in [1.807, 2.05) is 6.92 Å². The summed E-state index contributed by atoms with van der Waals surface area (Å²) in [5.74, 6) is 0.792. The molecule has 0 spiro atoms. The minimum absolute atomic E-state index is 0.0180. The average Bonchev–Trinajstić information content (AvgIpc) is 3.07. The van der Waals surface area contributed by atoms with Crippen LogP contribution in [0.4, 0.5) is 0 Å². The second kappa shape index (κ2) is 6.89. The van der Waals surface area contributed by atoms with Crippen LogP contribution in [0.5, 0.6) is 0 Å². The summed E-state index contributed by atoms with van der Waals surface area (Å²) in [7, 11) is 0. The average molecular weight is 227 g/mol. The van der Waals surface area contributed by atoms with Crippen LogP contribution in [0.15, 0.2) is 0 Å². The van der Waals surface area contributed by atoms with E-state index >= 15 is 0 Å². The van der Waals surface area contributed by atoms with Crippen molar-refractivity contribution in [2.45, 2.75) is 52.5 Å². The first-order valence-electron chi connectivity index (χ1n) is 6.63. The molecule has 16 heavy (non-hydrogen) atoms. The van der Waals surface area contributed by atoms with Gasteiger partial charge in [-0.3, -0.25) is 9.69 Å². The van der Waals surface area contributed by atoms with Crippen LogP contribution in [0.25, 0.3) is 0 Å². The number of carbonyl (C=O) groups is 1. The molecule has 0 bridgehead atoms. The second-order valence-corrected chi connectivity index (χ2v) is 4.59. The lowest BCUT2D eigenvalue weighted by molar-refractivity contribution is -0.150. The lowest BCUT2D eigenvalue weighted by atomic mass is 10.1. The Morgan fingerprint density at radius 3 is 2.50 bits per heavy atom. The molecule has 1 unspecified atom stereocenters. The van der Waals surface area contributed by atoms with Crippen LogP contribution in [0.2, 0.25) is 0 Å². The Bertz CT molecular complexity index is 214. The minimum atomic E-state index is -0.0353. The van der Waals surface area contributed by atoms with Crippen molar-refractivity contribution in [3.63, 3.8) is 0 Å². The van der Waals surface area contributed by atoms with E-state index in [2.05, 4.69) is 18.7 Å². The Kier molecular flexibility index (Phi) is 5.81. The molecule has 0 heterocycles. The number of likely N-dealkylation sites (N-methyl/N-ethyl adjacent to an activating group) is 1. The molecule has 0 saturated heterocycles. The van der Waals surface area contributed by atoms with E-state index in [1.165, 1.54) is 12.8 Å². The van der Waals surface area contributed by atoms with Crippen LogP contribution in [0.1, 0.15) is 46.5 Å². The first kappa shape index (κ1) is 13.5. The van der Waals surface area contributed by atoms with Crippen LogP contribution < -0.4 is 0 Å². The summed E-state index contributed by atoms with van der Waals surface area (Å²) in [4.78, 5) is 14.2. The molecule has 94 valence electrons. The van der Waals surface area contributed by atoms with Gasteiger partial charge in [-0.25, -0.2) is 0 Å². The zero-order valence-electron chi connectivity index (χ0n) is 10.9. The maximum absolute atomic E-state index is 11.9. The van der Waals surface area contributed by atoms with Gasteiger partial charge in [-0.15, -0.1) is 0 Å². The van der Waals surface area contributed by atoms with Gasteiger partial charge in [0.2, 0.25) is 0 Å². The molecular formula is C13H25NO2. The summed E-state index contributed by atoms with van der Waals surface area (Å²) in [5, 5.41) is 0. The topological polar surface area (TPSA) is 29.5 Å². The Morgan fingerprint density at radius 1 is 1.38 bits per heavy atom. The van der Waals surface area contributed by atoms with Crippen molar-refractivity contribution >= 4 is 5.97 Å². The van der Waals surface area contributed by atoms with Crippen LogP contribution in [0, 0.1) is 5.92 Å². The molecule has 0 aromatic rings. The van der Waals surface area contributed by atoms with Crippen molar-refractivity contribution in [3.8, 4) is 0 Å². The summed E-state index contributed by atoms with van der Waals surface area (Å²) in [6, 6.07) is -0.0180. The fourth-order valence-corrected chi connectivity index (χ4v) is 2.07. The fourth-order valence-electron chi connectivity index (χ4n) is 2.07. The van der Waals surface area contributed by atoms with Gasteiger partial charge in [0.05, 0.1) is 6.61 Å². The van der Waals surface area contributed by atoms with E-state index in [4.69, 9.17) is 4.74 Å². The Balaban J connectivity index is 2.52. The van der Waals surface area contributed by atoms with E-state index in [-0.39, 0.29) is 12.0 Å². The van der Waals surface area contributed by atoms with Gasteiger partial charge >= 0.3 is 5.97 Å². The first-order chi connectivity index (χ1) is 7.72. The molecule has 1 aliphatic rings. The highest BCUT2D eigenvalue weighted by atomic mass is 16.5. The fraction of sp³-hybridized carbons (Fsp3) is 0.923. The molecule has 0 aromatic heterocycles. The molecule has 1 atom stereocenters. The Labute approximate surface area is 99.1 Å². The normalized spacial score (nSPS) is 17.5. The van der Waals surface area contributed by atoms with E-state index in [9.17, 15) is 4.79 Å². The van der Waals surface area contributed by atoms with Crippen LogP contribution in [-0.2, 0) is 9.53 Å². The Hall–Kier alpha value is -0.570. The zero-order chi connectivity index (χ0) is 12.0. The first-order valence-corrected chi connectivity index (χ1v) is 6.63. The molecule has 0 radical (unpaired) electrons. The molecular weight excluding hydrogens is 202 g/mol. The van der Waals surface area contributed by atoms with Crippen molar-refractivity contribution in [2.24, 2.45) is 5.92 Å². The molecule has 3 heteroatoms. The van der Waals surface area contributed by atoms with Gasteiger partial charge in [-0.05, 0) is 38.6 Å². The van der Waals surface area contributed by atoms with Crippen LogP contribution in [0.3, 0.4) is 0 Å². The number of hydrogen-bond donors (Lipinski definition) is 0. The molecule has 0 aromatic carbocycles. The van der Waals surface area contributed by atoms with Crippen molar-refractivity contribution < 1.29 is 9.53 Å². The lowest BCUT2D eigenvalue weighted by Gasteiger charge is -2.28. The third kappa shape index (κ3) is 4.12. The maximum Gasteiger partial charge on any atom is 0.323 e. The Morgan fingerprint density at radius 2 is 2.06 bits per heavy atom. The minimum Gasteiger partial charge on any atom is -0.465 e. The van der Waals surface area contributed by atoms with E-state index < -0.39 is 0 Å². The summed E-state index contributed by atoms with van der Waals surface area (Å²) >= 11 is 0. The van der Waals surface area contributed by atoms with Gasteiger partial charge in [-0.1, -0.05) is 20.3 Å². The van der Waals surface area contributed by atoms with E-state index in [0.717, 1.165) is 31.8 Å². The van der Waals surface area contributed by atoms with Crippen molar-refractivity contribution in [3.05, 3.63) is 0 Å². The molecule has 3 nitrogen and oxygen atoms in total. The van der Waals surface area contributed by atoms with Gasteiger partial charge in [0.25, 0.3) is 0 Å². The molecule has 0 N–H and O–H groups in total. The van der Waals surface area contributed by atoms with Gasteiger partial charge in [0.1, 0.15) is 6.04 Å². The molecule has 0 amide bonds. The number of hydrogen-bond acceptors (Lipinski definition) is 3. The molecule has 1 fully saturated rings. The molecule has 1 aliphatic carbocycles. The highest BCUT2D eigenvalue weighted by Crippen LogP contribution is 2.30. The quantitative estimate of drug-likeness (QED) is 0.597. The third-order valence-corrected chi connectivity index (χ3v) is 3.16. The van der Waals surface area contributed by atoms with Gasteiger partial charge in [0, 0.05) is 6.54 Å². The monoisotopic (exact) mass is 227 g/mol. The molecule has 1 saturated carbocycles. The number of rotatable bonds is 8. The van der Waals surface area contributed by atoms with E-state index in [1.54, 1.807) is 0 Å². The van der Waals surface area contributed by atoms with Gasteiger partial charge in [-0.2, -0.15) is 0 Å². The largest absolute Gasteiger partial charge is 0.465 e. The van der Waals surface area contributed by atoms with Gasteiger partial charge in [0.15, 0.2) is 0 Å². The SMILES string of the molecule is CCCC(C(=O)OCC)N(CC)CC1CC1. The second-order valence-electron chi connectivity index (χ2n) is 4.59. The summed E-state index contributed by atoms with van der Waals surface area (Å²) < 4.78 is 5.16. The number of carbonyl (C=O) groups excluding carboxylic acids is 1. The highest BCUT2D eigenvalue weighted by Gasteiger charge is 2.30. The van der Waals surface area contributed by atoms with Gasteiger partial charge < -0.3 is 4.74 Å². The third-order valence-electron chi connectivity index (χ3n) is 3.16. The predicted molar refractivity (Wildman–Crippen MR) is 65.3 cm³/mol. The maximum atomic E-state index is 11.9. The van der Waals surface area contributed by atoms with E-state index in [0.29, 0.717) is 6.61 Å². The number of nitrogens with zero attached hydrogens (tertiary/aromatic N) is 1. The summed E-state index contributed by atoms with van der Waals surface area (Å²) in [6.45, 7) is 8.62. The lowest BCUT2D eigenvalue weighted by Crippen LogP contribution is -2.43. The number of ether oxygens (including phenoxy) is 1. The van der Waals surface area contributed by atoms with Crippen LogP contribution >= 0.6 is 0 Å². The van der Waals surface area contributed by atoms with Crippen LogP contribution in [-0.4, -0.2) is 36.6 Å². The van der Waals surface area contributed by atoms with Crippen molar-refractivity contribution in [1.29, 1.82) is 0 Å². The summed E-state index contributed by atoms with van der Waals surface area (Å²) in [6.07, 6.45) is 4.61. The van der Waals surface area contributed by atoms with Crippen molar-refractivity contribution in [1.82, 2.24) is 4.90 Å². The highest BCUT2D eigenvalue weighted by molar-refractivity contribution is 5.75. The smallest absolute Gasteiger partial charge is 0.323 e. The molecule has 1 rings (SSSR count).